The number of rotatable bonds is 7. The third kappa shape index (κ3) is 5.70. The lowest BCUT2D eigenvalue weighted by Crippen LogP contribution is -2.28. The van der Waals surface area contributed by atoms with Gasteiger partial charge in [-0.25, -0.2) is 9.97 Å². The Morgan fingerprint density at radius 1 is 0.323 bits per heavy atom. The normalized spacial score (nSPS) is 12.6. The molecule has 0 unspecified atom stereocenters. The van der Waals surface area contributed by atoms with Gasteiger partial charge < -0.3 is 0 Å². The van der Waals surface area contributed by atoms with Crippen LogP contribution in [-0.2, 0) is 5.41 Å². The van der Waals surface area contributed by atoms with Crippen molar-refractivity contribution in [2.24, 2.45) is 0 Å². The minimum atomic E-state index is -0.452. The van der Waals surface area contributed by atoms with Crippen LogP contribution in [0, 0.1) is 0 Å². The van der Waals surface area contributed by atoms with Crippen LogP contribution in [0.25, 0.3) is 87.5 Å². The molecule has 0 atom stereocenters. The van der Waals surface area contributed by atoms with Gasteiger partial charge in [0.2, 0.25) is 0 Å². The second-order valence-electron chi connectivity index (χ2n) is 16.0. The van der Waals surface area contributed by atoms with Crippen LogP contribution in [0.3, 0.4) is 0 Å². The Morgan fingerprint density at radius 3 is 1.48 bits per heavy atom. The Balaban J connectivity index is 1.02. The second-order valence-corrected chi connectivity index (χ2v) is 17.0. The zero-order valence-corrected chi connectivity index (χ0v) is 34.6. The molecule has 0 amide bonds. The highest BCUT2D eigenvalue weighted by molar-refractivity contribution is 7.26. The number of hydrogen-bond acceptors (Lipinski definition) is 3. The van der Waals surface area contributed by atoms with E-state index in [0.29, 0.717) is 5.82 Å². The van der Waals surface area contributed by atoms with Gasteiger partial charge in [0.05, 0.1) is 16.8 Å². The molecule has 0 N–H and O–H groups in total. The fraction of sp³-hybridized carbons (Fsp3) is 0.0169. The maximum atomic E-state index is 5.34. The highest BCUT2D eigenvalue weighted by Crippen LogP contribution is 2.56. The lowest BCUT2D eigenvalue weighted by atomic mass is 9.67. The zero-order chi connectivity index (χ0) is 41.0. The molecule has 0 saturated carbocycles. The molecular weight excluding hydrogens is 769 g/mol. The molecule has 1 aliphatic carbocycles. The first kappa shape index (κ1) is 36.2. The van der Waals surface area contributed by atoms with Gasteiger partial charge in [0.1, 0.15) is 0 Å². The molecule has 0 bridgehead atoms. The Labute approximate surface area is 365 Å². The van der Waals surface area contributed by atoms with E-state index in [-0.39, 0.29) is 0 Å². The summed E-state index contributed by atoms with van der Waals surface area (Å²) < 4.78 is 2.58. The molecule has 0 radical (unpaired) electrons. The van der Waals surface area contributed by atoms with Crippen molar-refractivity contribution in [1.82, 2.24) is 9.97 Å². The Bertz CT molecular complexity index is 3410. The highest BCUT2D eigenvalue weighted by Gasteiger charge is 2.45. The van der Waals surface area contributed by atoms with Gasteiger partial charge in [-0.3, -0.25) is 0 Å². The first-order chi connectivity index (χ1) is 30.8. The number of benzene rings is 9. The molecule has 11 aromatic rings. The van der Waals surface area contributed by atoms with E-state index >= 15 is 0 Å². The van der Waals surface area contributed by atoms with Crippen LogP contribution in [0.15, 0.2) is 231 Å². The predicted molar refractivity (Wildman–Crippen MR) is 259 cm³/mol. The van der Waals surface area contributed by atoms with E-state index in [1.807, 2.05) is 17.4 Å². The molecule has 0 spiro atoms. The summed E-state index contributed by atoms with van der Waals surface area (Å²) in [4.78, 5) is 10.7. The fourth-order valence-electron chi connectivity index (χ4n) is 9.91. The summed E-state index contributed by atoms with van der Waals surface area (Å²) in [7, 11) is 0. The van der Waals surface area contributed by atoms with Crippen LogP contribution in [0.4, 0.5) is 0 Å². The van der Waals surface area contributed by atoms with Gasteiger partial charge in [-0.2, -0.15) is 0 Å². The number of aromatic nitrogens is 2. The standard InChI is InChI=1S/C59H38N2S/c1-3-18-40(19-4-1)58-60-54(38-55(61-58)48-27-10-8-23-44(48)50-29-17-30-51-49-28-13-16-33-56(49)62-57(50)51)47-26-9-7-22-43(47)39-34-36-42(37-35-39)59(41-20-5-2-6-21-41)52-31-14-11-24-45(52)46-25-12-15-32-53(46)59/h1-38H. The Kier molecular flexibility index (Phi) is 8.62. The summed E-state index contributed by atoms with van der Waals surface area (Å²) in [6.07, 6.45) is 0. The maximum Gasteiger partial charge on any atom is 0.160 e. The molecule has 2 heterocycles. The Hall–Kier alpha value is -7.72. The van der Waals surface area contributed by atoms with Crippen molar-refractivity contribution >= 4 is 31.5 Å². The first-order valence-electron chi connectivity index (χ1n) is 21.2. The molecule has 0 aliphatic heterocycles. The fourth-order valence-corrected chi connectivity index (χ4v) is 11.1. The lowest BCUT2D eigenvalue weighted by molar-refractivity contribution is 0.768. The maximum absolute atomic E-state index is 5.34. The number of thiophene rings is 1. The summed E-state index contributed by atoms with van der Waals surface area (Å²) in [5, 5.41) is 2.57. The number of nitrogens with zero attached hydrogens (tertiary/aromatic N) is 2. The first-order valence-corrected chi connectivity index (χ1v) is 22.0. The van der Waals surface area contributed by atoms with Crippen molar-refractivity contribution in [1.29, 1.82) is 0 Å². The van der Waals surface area contributed by atoms with Crippen molar-refractivity contribution in [3.8, 4) is 67.3 Å². The van der Waals surface area contributed by atoms with Gasteiger partial charge in [0, 0.05) is 42.4 Å². The minimum absolute atomic E-state index is 0.452. The summed E-state index contributed by atoms with van der Waals surface area (Å²) in [5.41, 5.74) is 16.7. The molecule has 290 valence electrons. The lowest BCUT2D eigenvalue weighted by Gasteiger charge is -2.34. The van der Waals surface area contributed by atoms with Gasteiger partial charge >= 0.3 is 0 Å². The van der Waals surface area contributed by atoms with Crippen LogP contribution < -0.4 is 0 Å². The topological polar surface area (TPSA) is 25.8 Å². The van der Waals surface area contributed by atoms with Gasteiger partial charge in [-0.05, 0) is 62.2 Å². The molecule has 0 saturated heterocycles. The van der Waals surface area contributed by atoms with Crippen molar-refractivity contribution in [2.75, 3.05) is 0 Å². The van der Waals surface area contributed by atoms with E-state index in [2.05, 4.69) is 224 Å². The molecule has 1 aliphatic rings. The van der Waals surface area contributed by atoms with E-state index in [0.717, 1.165) is 44.8 Å². The minimum Gasteiger partial charge on any atom is -0.228 e. The summed E-state index contributed by atoms with van der Waals surface area (Å²) in [5.74, 6) is 0.696. The largest absolute Gasteiger partial charge is 0.228 e. The van der Waals surface area contributed by atoms with Crippen LogP contribution >= 0.6 is 11.3 Å². The molecule has 3 heteroatoms. The van der Waals surface area contributed by atoms with Crippen molar-refractivity contribution in [2.45, 2.75) is 5.41 Å². The van der Waals surface area contributed by atoms with E-state index in [1.54, 1.807) is 0 Å². The quantitative estimate of drug-likeness (QED) is 0.160. The molecule has 2 aromatic heterocycles. The Morgan fingerprint density at radius 2 is 0.806 bits per heavy atom. The zero-order valence-electron chi connectivity index (χ0n) is 33.7. The molecule has 2 nitrogen and oxygen atoms in total. The van der Waals surface area contributed by atoms with E-state index < -0.39 is 5.41 Å². The molecule has 62 heavy (non-hydrogen) atoms. The van der Waals surface area contributed by atoms with Crippen LogP contribution in [0.2, 0.25) is 0 Å². The van der Waals surface area contributed by atoms with Crippen molar-refractivity contribution < 1.29 is 0 Å². The monoisotopic (exact) mass is 806 g/mol. The van der Waals surface area contributed by atoms with E-state index in [4.69, 9.17) is 9.97 Å². The average Bonchev–Trinajstić information content (AvgIpc) is 3.89. The number of fused-ring (bicyclic) bond motifs is 6. The SMILES string of the molecule is c1ccc(-c2nc(-c3ccccc3-c3ccc(C4(c5ccccc5)c5ccccc5-c5ccccc54)cc3)cc(-c3ccccc3-c3cccc4c3sc3ccccc34)n2)cc1. The molecule has 9 aromatic carbocycles. The van der Waals surface area contributed by atoms with Crippen LogP contribution in [0.5, 0.6) is 0 Å². The summed E-state index contributed by atoms with van der Waals surface area (Å²) in [6, 6.07) is 83.3. The summed E-state index contributed by atoms with van der Waals surface area (Å²) in [6.45, 7) is 0. The molecular formula is C59H38N2S. The van der Waals surface area contributed by atoms with Crippen LogP contribution in [0.1, 0.15) is 22.3 Å². The predicted octanol–water partition coefficient (Wildman–Crippen LogP) is 15.5. The van der Waals surface area contributed by atoms with Crippen molar-refractivity contribution in [3.63, 3.8) is 0 Å². The van der Waals surface area contributed by atoms with Crippen molar-refractivity contribution in [3.05, 3.63) is 253 Å². The molecule has 12 rings (SSSR count). The van der Waals surface area contributed by atoms with Gasteiger partial charge in [0.15, 0.2) is 5.82 Å². The van der Waals surface area contributed by atoms with E-state index in [9.17, 15) is 0 Å². The van der Waals surface area contributed by atoms with Gasteiger partial charge in [-0.1, -0.05) is 218 Å². The highest BCUT2D eigenvalue weighted by atomic mass is 32.1. The second kappa shape index (κ2) is 14.8. The van der Waals surface area contributed by atoms with Gasteiger partial charge in [-0.15, -0.1) is 11.3 Å². The number of hydrogen-bond donors (Lipinski definition) is 0. The third-order valence-electron chi connectivity index (χ3n) is 12.6. The summed E-state index contributed by atoms with van der Waals surface area (Å²) >= 11 is 1.85. The van der Waals surface area contributed by atoms with Crippen LogP contribution in [-0.4, -0.2) is 9.97 Å². The third-order valence-corrected chi connectivity index (χ3v) is 13.9. The van der Waals surface area contributed by atoms with E-state index in [1.165, 1.54) is 59.1 Å². The van der Waals surface area contributed by atoms with Gasteiger partial charge in [0.25, 0.3) is 0 Å². The smallest absolute Gasteiger partial charge is 0.160 e. The molecule has 0 fully saturated rings. The average molecular weight is 807 g/mol.